The van der Waals surface area contributed by atoms with E-state index >= 15 is 0 Å². The van der Waals surface area contributed by atoms with Crippen LogP contribution in [0.2, 0.25) is 0 Å². The second kappa shape index (κ2) is 6.91. The molecule has 1 aromatic heterocycles. The zero-order chi connectivity index (χ0) is 17.3. The van der Waals surface area contributed by atoms with Crippen LogP contribution in [0.5, 0.6) is 0 Å². The van der Waals surface area contributed by atoms with Gasteiger partial charge in [-0.3, -0.25) is 9.59 Å². The van der Waals surface area contributed by atoms with Crippen molar-refractivity contribution in [2.75, 3.05) is 20.1 Å². The van der Waals surface area contributed by atoms with Crippen LogP contribution in [0.4, 0.5) is 0 Å². The first-order chi connectivity index (χ1) is 11.5. The van der Waals surface area contributed by atoms with Crippen LogP contribution in [0.15, 0.2) is 6.33 Å². The molecule has 2 aliphatic rings. The summed E-state index contributed by atoms with van der Waals surface area (Å²) in [4.78, 5) is 28.5. The normalized spacial score (nSPS) is 18.9. The van der Waals surface area contributed by atoms with Gasteiger partial charge in [-0.1, -0.05) is 0 Å². The molecule has 1 aliphatic heterocycles. The van der Waals surface area contributed by atoms with E-state index < -0.39 is 0 Å². The molecule has 0 N–H and O–H groups in total. The molecule has 24 heavy (non-hydrogen) atoms. The Morgan fingerprint density at radius 1 is 1.21 bits per heavy atom. The predicted molar refractivity (Wildman–Crippen MR) is 88.9 cm³/mol. The molecular formula is C17H27N5O2. The summed E-state index contributed by atoms with van der Waals surface area (Å²) in [7, 11) is 1.82. The van der Waals surface area contributed by atoms with E-state index in [1.165, 1.54) is 0 Å². The smallest absolute Gasteiger partial charge is 0.225 e. The van der Waals surface area contributed by atoms with E-state index in [1.807, 2.05) is 16.5 Å². The Kier molecular flexibility index (Phi) is 4.87. The van der Waals surface area contributed by atoms with Gasteiger partial charge in [0.05, 0.1) is 6.54 Å². The lowest BCUT2D eigenvalue weighted by Gasteiger charge is -2.33. The van der Waals surface area contributed by atoms with Gasteiger partial charge in [0.25, 0.3) is 0 Å². The van der Waals surface area contributed by atoms with Crippen LogP contribution >= 0.6 is 0 Å². The van der Waals surface area contributed by atoms with Crippen LogP contribution < -0.4 is 0 Å². The van der Waals surface area contributed by atoms with Crippen molar-refractivity contribution in [2.24, 2.45) is 11.8 Å². The first-order valence-corrected chi connectivity index (χ1v) is 8.89. The van der Waals surface area contributed by atoms with E-state index in [0.29, 0.717) is 25.5 Å². The third-order valence-electron chi connectivity index (χ3n) is 5.04. The van der Waals surface area contributed by atoms with E-state index in [0.717, 1.165) is 31.5 Å². The maximum atomic E-state index is 12.7. The van der Waals surface area contributed by atoms with Gasteiger partial charge in [-0.2, -0.15) is 0 Å². The van der Waals surface area contributed by atoms with E-state index in [1.54, 1.807) is 11.2 Å². The topological polar surface area (TPSA) is 71.3 Å². The summed E-state index contributed by atoms with van der Waals surface area (Å²) in [5.74, 6) is 1.52. The highest BCUT2D eigenvalue weighted by molar-refractivity contribution is 5.82. The summed E-state index contributed by atoms with van der Waals surface area (Å²) < 4.78 is 1.99. The van der Waals surface area contributed by atoms with Crippen LogP contribution in [-0.4, -0.2) is 56.5 Å². The predicted octanol–water partition coefficient (Wildman–Crippen LogP) is 1.47. The van der Waals surface area contributed by atoms with Gasteiger partial charge in [0.2, 0.25) is 11.8 Å². The minimum Gasteiger partial charge on any atom is -0.342 e. The molecule has 2 fully saturated rings. The number of nitrogens with zero attached hydrogens (tertiary/aromatic N) is 5. The monoisotopic (exact) mass is 333 g/mol. The number of rotatable bonds is 5. The molecule has 0 atom stereocenters. The molecule has 7 heteroatoms. The van der Waals surface area contributed by atoms with E-state index in [4.69, 9.17) is 0 Å². The largest absolute Gasteiger partial charge is 0.342 e. The van der Waals surface area contributed by atoms with Gasteiger partial charge in [0, 0.05) is 38.0 Å². The lowest BCUT2D eigenvalue weighted by atomic mass is 9.95. The molecule has 2 heterocycles. The number of carbonyl (C=O) groups is 2. The highest BCUT2D eigenvalue weighted by Crippen LogP contribution is 2.32. The summed E-state index contributed by atoms with van der Waals surface area (Å²) in [5.41, 5.74) is 0. The number of likely N-dealkylation sites (tertiary alicyclic amines) is 1. The van der Waals surface area contributed by atoms with E-state index in [-0.39, 0.29) is 23.8 Å². The van der Waals surface area contributed by atoms with E-state index in [9.17, 15) is 9.59 Å². The van der Waals surface area contributed by atoms with Crippen molar-refractivity contribution in [3.63, 3.8) is 0 Å². The molecule has 0 unspecified atom stereocenters. The fourth-order valence-electron chi connectivity index (χ4n) is 3.35. The summed E-state index contributed by atoms with van der Waals surface area (Å²) in [6.45, 7) is 6.03. The van der Waals surface area contributed by atoms with Gasteiger partial charge in [0.15, 0.2) is 5.82 Å². The second-order valence-corrected chi connectivity index (χ2v) is 7.32. The van der Waals surface area contributed by atoms with E-state index in [2.05, 4.69) is 24.0 Å². The van der Waals surface area contributed by atoms with Crippen molar-refractivity contribution in [3.05, 3.63) is 12.2 Å². The van der Waals surface area contributed by atoms with Crippen molar-refractivity contribution < 1.29 is 9.59 Å². The molecule has 0 spiro atoms. The number of piperidine rings is 1. The Bertz CT molecular complexity index is 600. The highest BCUT2D eigenvalue weighted by Gasteiger charge is 2.36. The molecule has 1 aromatic rings. The van der Waals surface area contributed by atoms with Gasteiger partial charge in [-0.15, -0.1) is 10.2 Å². The van der Waals surface area contributed by atoms with Gasteiger partial charge in [-0.25, -0.2) is 0 Å². The minimum atomic E-state index is 0.00803. The molecule has 7 nitrogen and oxygen atoms in total. The zero-order valence-electron chi connectivity index (χ0n) is 14.8. The number of hydrogen-bond acceptors (Lipinski definition) is 4. The Labute approximate surface area is 143 Å². The summed E-state index contributed by atoms with van der Waals surface area (Å²) in [6, 6.07) is 0.273. The number of amides is 2. The molecular weight excluding hydrogens is 306 g/mol. The second-order valence-electron chi connectivity index (χ2n) is 7.32. The molecule has 1 saturated carbocycles. The quantitative estimate of drug-likeness (QED) is 0.818. The van der Waals surface area contributed by atoms with Crippen LogP contribution in [0.3, 0.4) is 0 Å². The summed E-state index contributed by atoms with van der Waals surface area (Å²) >= 11 is 0. The Morgan fingerprint density at radius 3 is 2.46 bits per heavy atom. The molecule has 1 aliphatic carbocycles. The number of hydrogen-bond donors (Lipinski definition) is 0. The van der Waals surface area contributed by atoms with Crippen LogP contribution in [-0.2, 0) is 16.1 Å². The minimum absolute atomic E-state index is 0.00803. The summed E-state index contributed by atoms with van der Waals surface area (Å²) in [5, 5.41) is 8.08. The fourth-order valence-corrected chi connectivity index (χ4v) is 3.35. The molecule has 0 bridgehead atoms. The molecule has 3 rings (SSSR count). The molecule has 0 radical (unpaired) electrons. The molecule has 132 valence electrons. The lowest BCUT2D eigenvalue weighted by Crippen LogP contribution is -2.44. The Hall–Kier alpha value is -1.92. The van der Waals surface area contributed by atoms with Crippen molar-refractivity contribution in [3.8, 4) is 0 Å². The average Bonchev–Trinajstić information content (AvgIpc) is 3.32. The maximum absolute atomic E-state index is 12.7. The molecule has 0 aromatic carbocycles. The first kappa shape index (κ1) is 16.9. The van der Waals surface area contributed by atoms with Crippen molar-refractivity contribution in [2.45, 2.75) is 52.1 Å². The number of carbonyl (C=O) groups excluding carboxylic acids is 2. The highest BCUT2D eigenvalue weighted by atomic mass is 16.2. The standard InChI is InChI=1S/C17H27N5O2/c1-12(2)22-11-18-19-15(22)10-20(3)16(23)14-6-8-21(9-7-14)17(24)13-4-5-13/h11-14H,4-10H2,1-3H3. The fraction of sp³-hybridized carbons (Fsp3) is 0.765. The zero-order valence-corrected chi connectivity index (χ0v) is 14.8. The molecule has 1 saturated heterocycles. The van der Waals surface area contributed by atoms with Gasteiger partial charge in [0.1, 0.15) is 6.33 Å². The van der Waals surface area contributed by atoms with Crippen LogP contribution in [0.25, 0.3) is 0 Å². The third-order valence-corrected chi connectivity index (χ3v) is 5.04. The van der Waals surface area contributed by atoms with Gasteiger partial charge >= 0.3 is 0 Å². The third kappa shape index (κ3) is 3.60. The maximum Gasteiger partial charge on any atom is 0.225 e. The van der Waals surface area contributed by atoms with Crippen LogP contribution in [0.1, 0.15) is 51.4 Å². The van der Waals surface area contributed by atoms with Crippen molar-refractivity contribution in [1.82, 2.24) is 24.6 Å². The van der Waals surface area contributed by atoms with Crippen LogP contribution in [0, 0.1) is 11.8 Å². The Morgan fingerprint density at radius 2 is 1.88 bits per heavy atom. The average molecular weight is 333 g/mol. The van der Waals surface area contributed by atoms with Gasteiger partial charge < -0.3 is 14.4 Å². The molecule has 2 amide bonds. The Balaban J connectivity index is 1.52. The van der Waals surface area contributed by atoms with Crippen molar-refractivity contribution >= 4 is 11.8 Å². The SMILES string of the molecule is CC(C)n1cnnc1CN(C)C(=O)C1CCN(C(=O)C2CC2)CC1. The first-order valence-electron chi connectivity index (χ1n) is 8.89. The summed E-state index contributed by atoms with van der Waals surface area (Å²) in [6.07, 6.45) is 5.31. The van der Waals surface area contributed by atoms with Gasteiger partial charge in [-0.05, 0) is 39.5 Å². The number of aromatic nitrogens is 3. The van der Waals surface area contributed by atoms with Crippen molar-refractivity contribution in [1.29, 1.82) is 0 Å². The lowest BCUT2D eigenvalue weighted by molar-refractivity contribution is -0.140.